The van der Waals surface area contributed by atoms with E-state index in [4.69, 9.17) is 16.7 Å². The summed E-state index contributed by atoms with van der Waals surface area (Å²) in [6, 6.07) is 1.38. The lowest BCUT2D eigenvalue weighted by Crippen LogP contribution is -2.08. The van der Waals surface area contributed by atoms with Gasteiger partial charge in [-0.1, -0.05) is 11.6 Å². The molecule has 0 heterocycles. The van der Waals surface area contributed by atoms with Crippen molar-refractivity contribution < 1.29 is 23.2 Å². The molecule has 0 spiro atoms. The van der Waals surface area contributed by atoms with E-state index in [1.165, 1.54) is 0 Å². The number of halogens is 4. The van der Waals surface area contributed by atoms with Gasteiger partial charge in [0.15, 0.2) is 0 Å². The number of hydrogen-bond donors (Lipinski definition) is 1. The van der Waals surface area contributed by atoms with Crippen molar-refractivity contribution in [3.63, 3.8) is 0 Å². The summed E-state index contributed by atoms with van der Waals surface area (Å²) in [4.78, 5) is 9.41. The molecule has 0 bridgehead atoms. The van der Waals surface area contributed by atoms with E-state index in [2.05, 4.69) is 0 Å². The van der Waals surface area contributed by atoms with Gasteiger partial charge in [0.25, 0.3) is 5.69 Å². The van der Waals surface area contributed by atoms with Gasteiger partial charge < -0.3 is 5.11 Å². The number of rotatable bonds is 2. The molecule has 0 fully saturated rings. The van der Waals surface area contributed by atoms with Crippen LogP contribution < -0.4 is 0 Å². The van der Waals surface area contributed by atoms with E-state index >= 15 is 0 Å². The summed E-state index contributed by atoms with van der Waals surface area (Å²) >= 11 is 5.27. The molecule has 0 atom stereocenters. The van der Waals surface area contributed by atoms with Crippen molar-refractivity contribution in [1.29, 1.82) is 0 Å². The Morgan fingerprint density at radius 2 is 2.00 bits per heavy atom. The van der Waals surface area contributed by atoms with Crippen LogP contribution in [0.1, 0.15) is 11.1 Å². The molecule has 0 saturated heterocycles. The summed E-state index contributed by atoms with van der Waals surface area (Å²) in [5, 5.41) is 18.2. The first-order valence-corrected chi connectivity index (χ1v) is 4.30. The minimum absolute atomic E-state index is 0.219. The normalized spacial score (nSPS) is 11.6. The van der Waals surface area contributed by atoms with Gasteiger partial charge in [0.05, 0.1) is 17.1 Å². The van der Waals surface area contributed by atoms with Crippen LogP contribution in [0.5, 0.6) is 0 Å². The summed E-state index contributed by atoms with van der Waals surface area (Å²) < 4.78 is 37.3. The molecule has 0 amide bonds. The van der Waals surface area contributed by atoms with Gasteiger partial charge in [-0.2, -0.15) is 13.2 Å². The third kappa shape index (κ3) is 2.42. The van der Waals surface area contributed by atoms with Crippen LogP contribution in [0.3, 0.4) is 0 Å². The van der Waals surface area contributed by atoms with Crippen molar-refractivity contribution in [3.8, 4) is 0 Å². The van der Waals surface area contributed by atoms with Crippen LogP contribution in [-0.4, -0.2) is 10.0 Å². The smallest absolute Gasteiger partial charge is 0.392 e. The topological polar surface area (TPSA) is 63.4 Å². The molecule has 0 aliphatic carbocycles. The standard InChI is InChI=1S/C8H5ClF3NO3/c9-7-5(8(10,11)12)1-4(3-14)2-6(7)13(15)16/h1-2,14H,3H2. The third-order valence-electron chi connectivity index (χ3n) is 1.80. The fraction of sp³-hybridized carbons (Fsp3) is 0.250. The van der Waals surface area contributed by atoms with Crippen LogP contribution in [0.2, 0.25) is 5.02 Å². The Labute approximate surface area is 92.4 Å². The Kier molecular flexibility index (Phi) is 3.39. The Hall–Kier alpha value is -1.34. The SMILES string of the molecule is O=[N+]([O-])c1cc(CO)cc(C(F)(F)F)c1Cl. The van der Waals surface area contributed by atoms with Gasteiger partial charge in [-0.3, -0.25) is 10.1 Å². The van der Waals surface area contributed by atoms with Crippen molar-refractivity contribution in [2.24, 2.45) is 0 Å². The highest BCUT2D eigenvalue weighted by Crippen LogP contribution is 2.40. The van der Waals surface area contributed by atoms with Crippen molar-refractivity contribution in [2.75, 3.05) is 0 Å². The molecule has 0 aromatic heterocycles. The lowest BCUT2D eigenvalue weighted by molar-refractivity contribution is -0.385. The zero-order valence-corrected chi connectivity index (χ0v) is 8.34. The molecule has 0 radical (unpaired) electrons. The average molecular weight is 256 g/mol. The second-order valence-electron chi connectivity index (χ2n) is 2.89. The van der Waals surface area contributed by atoms with Crippen LogP contribution in [0.25, 0.3) is 0 Å². The fourth-order valence-electron chi connectivity index (χ4n) is 1.10. The fourth-order valence-corrected chi connectivity index (χ4v) is 1.38. The average Bonchev–Trinajstić information content (AvgIpc) is 2.15. The van der Waals surface area contributed by atoms with Gasteiger partial charge in [-0.25, -0.2) is 0 Å². The van der Waals surface area contributed by atoms with Crippen LogP contribution in [0.4, 0.5) is 18.9 Å². The van der Waals surface area contributed by atoms with E-state index in [9.17, 15) is 23.3 Å². The monoisotopic (exact) mass is 255 g/mol. The number of aliphatic hydroxyl groups excluding tert-OH is 1. The van der Waals surface area contributed by atoms with E-state index in [0.717, 1.165) is 6.07 Å². The molecule has 8 heteroatoms. The minimum atomic E-state index is -4.80. The summed E-state index contributed by atoms with van der Waals surface area (Å²) in [5.74, 6) is 0. The summed E-state index contributed by atoms with van der Waals surface area (Å²) in [5.41, 5.74) is -2.42. The molecular formula is C8H5ClF3NO3. The Morgan fingerprint density at radius 3 is 2.38 bits per heavy atom. The van der Waals surface area contributed by atoms with Crippen LogP contribution in [0.15, 0.2) is 12.1 Å². The summed E-state index contributed by atoms with van der Waals surface area (Å²) in [6.07, 6.45) is -4.80. The van der Waals surface area contributed by atoms with Gasteiger partial charge >= 0.3 is 6.18 Å². The van der Waals surface area contributed by atoms with Gasteiger partial charge in [0, 0.05) is 6.07 Å². The lowest BCUT2D eigenvalue weighted by Gasteiger charge is -2.10. The Balaban J connectivity index is 3.50. The molecule has 1 aromatic rings. The molecular weight excluding hydrogens is 251 g/mol. The number of nitrogens with zero attached hydrogens (tertiary/aromatic N) is 1. The van der Waals surface area contributed by atoms with Crippen molar-refractivity contribution >= 4 is 17.3 Å². The van der Waals surface area contributed by atoms with E-state index in [1.54, 1.807) is 0 Å². The highest BCUT2D eigenvalue weighted by atomic mass is 35.5. The summed E-state index contributed by atoms with van der Waals surface area (Å²) in [6.45, 7) is -0.735. The van der Waals surface area contributed by atoms with Gasteiger partial charge in [-0.15, -0.1) is 0 Å². The predicted molar refractivity (Wildman–Crippen MR) is 49.0 cm³/mol. The van der Waals surface area contributed by atoms with Crippen molar-refractivity contribution in [2.45, 2.75) is 12.8 Å². The molecule has 1 N–H and O–H groups in total. The maximum atomic E-state index is 12.4. The van der Waals surface area contributed by atoms with Crippen molar-refractivity contribution in [3.05, 3.63) is 38.4 Å². The zero-order valence-electron chi connectivity index (χ0n) is 7.58. The van der Waals surface area contributed by atoms with Crippen LogP contribution >= 0.6 is 11.6 Å². The van der Waals surface area contributed by atoms with Crippen molar-refractivity contribution in [1.82, 2.24) is 0 Å². The van der Waals surface area contributed by atoms with E-state index in [1.807, 2.05) is 0 Å². The van der Waals surface area contributed by atoms with E-state index < -0.39 is 34.0 Å². The Bertz CT molecular complexity index is 433. The minimum Gasteiger partial charge on any atom is -0.392 e. The number of nitro groups is 1. The first-order chi connectivity index (χ1) is 7.27. The predicted octanol–water partition coefficient (Wildman–Crippen LogP) is 2.76. The molecule has 0 aliphatic heterocycles. The second-order valence-corrected chi connectivity index (χ2v) is 3.27. The number of alkyl halides is 3. The third-order valence-corrected chi connectivity index (χ3v) is 2.20. The quantitative estimate of drug-likeness (QED) is 0.653. The molecule has 88 valence electrons. The molecule has 4 nitrogen and oxygen atoms in total. The number of aliphatic hydroxyl groups is 1. The van der Waals surface area contributed by atoms with Gasteiger partial charge in [0.1, 0.15) is 5.02 Å². The molecule has 1 rings (SSSR count). The molecule has 16 heavy (non-hydrogen) atoms. The highest BCUT2D eigenvalue weighted by Gasteiger charge is 2.36. The highest BCUT2D eigenvalue weighted by molar-refractivity contribution is 6.33. The maximum absolute atomic E-state index is 12.4. The largest absolute Gasteiger partial charge is 0.418 e. The second kappa shape index (κ2) is 4.26. The molecule has 0 aliphatic rings. The first-order valence-electron chi connectivity index (χ1n) is 3.92. The number of hydrogen-bond acceptors (Lipinski definition) is 3. The number of nitro benzene ring substituents is 1. The molecule has 0 saturated carbocycles. The van der Waals surface area contributed by atoms with E-state index in [0.29, 0.717) is 6.07 Å². The molecule has 1 aromatic carbocycles. The Morgan fingerprint density at radius 1 is 1.44 bits per heavy atom. The van der Waals surface area contributed by atoms with Crippen LogP contribution in [0, 0.1) is 10.1 Å². The first kappa shape index (κ1) is 12.7. The lowest BCUT2D eigenvalue weighted by atomic mass is 10.1. The summed E-state index contributed by atoms with van der Waals surface area (Å²) in [7, 11) is 0. The number of benzene rings is 1. The van der Waals surface area contributed by atoms with Gasteiger partial charge in [0.2, 0.25) is 0 Å². The van der Waals surface area contributed by atoms with Gasteiger partial charge in [-0.05, 0) is 11.6 Å². The zero-order chi connectivity index (χ0) is 12.5. The van der Waals surface area contributed by atoms with E-state index in [-0.39, 0.29) is 5.56 Å². The maximum Gasteiger partial charge on any atom is 0.418 e. The molecule has 0 unspecified atom stereocenters. The van der Waals surface area contributed by atoms with Crippen LogP contribution in [-0.2, 0) is 12.8 Å².